The lowest BCUT2D eigenvalue weighted by atomic mass is 10.3. The molecule has 0 spiro atoms. The zero-order valence-corrected chi connectivity index (χ0v) is 7.89. The van der Waals surface area contributed by atoms with Crippen LogP contribution in [0.3, 0.4) is 0 Å². The van der Waals surface area contributed by atoms with E-state index >= 15 is 0 Å². The number of hydrogen-bond donors (Lipinski definition) is 1. The average molecular weight is 212 g/mol. The summed E-state index contributed by atoms with van der Waals surface area (Å²) in [5, 5.41) is 0. The van der Waals surface area contributed by atoms with Crippen LogP contribution in [0.1, 0.15) is 6.42 Å². The van der Waals surface area contributed by atoms with Gasteiger partial charge in [0.25, 0.3) is 0 Å². The van der Waals surface area contributed by atoms with Crippen molar-refractivity contribution >= 4 is 0 Å². The van der Waals surface area contributed by atoms with Crippen LogP contribution in [0.25, 0.3) is 0 Å². The molecule has 2 N–H and O–H groups in total. The molecule has 0 aliphatic carbocycles. The Labute approximate surface area is 81.0 Å². The number of ether oxygens (including phenoxy) is 1. The second kappa shape index (κ2) is 4.95. The van der Waals surface area contributed by atoms with Crippen molar-refractivity contribution in [3.63, 3.8) is 0 Å². The predicted octanol–water partition coefficient (Wildman–Crippen LogP) is 0.598. The summed E-state index contributed by atoms with van der Waals surface area (Å²) in [4.78, 5) is 2.01. The van der Waals surface area contributed by atoms with Crippen LogP contribution >= 0.6 is 0 Å². The normalized spacial score (nSPS) is 24.4. The maximum atomic E-state index is 11.7. The molecular formula is C8H15F3N2O. The Morgan fingerprint density at radius 3 is 2.64 bits per heavy atom. The van der Waals surface area contributed by atoms with Crippen LogP contribution in [0, 0.1) is 0 Å². The molecule has 1 fully saturated rings. The Balaban J connectivity index is 1.99. The standard InChI is InChI=1S/C8H15F3N2O/c9-8(10,11)6-14-4-3-13-2-1-7(12)5-13/h7H,1-6,12H2. The molecule has 1 saturated heterocycles. The minimum Gasteiger partial charge on any atom is -0.371 e. The summed E-state index contributed by atoms with van der Waals surface area (Å²) in [5.74, 6) is 0. The lowest BCUT2D eigenvalue weighted by Gasteiger charge is -2.15. The van der Waals surface area contributed by atoms with Crippen LogP contribution < -0.4 is 5.73 Å². The molecule has 6 heteroatoms. The van der Waals surface area contributed by atoms with Crippen molar-refractivity contribution in [2.24, 2.45) is 5.73 Å². The van der Waals surface area contributed by atoms with Crippen LogP contribution in [0.4, 0.5) is 13.2 Å². The van der Waals surface area contributed by atoms with Gasteiger partial charge in [-0.25, -0.2) is 0 Å². The summed E-state index contributed by atoms with van der Waals surface area (Å²) < 4.78 is 39.5. The van der Waals surface area contributed by atoms with Gasteiger partial charge in [0.1, 0.15) is 6.61 Å². The molecule has 0 aromatic rings. The number of nitrogens with zero attached hydrogens (tertiary/aromatic N) is 1. The van der Waals surface area contributed by atoms with Crippen molar-refractivity contribution in [3.05, 3.63) is 0 Å². The first-order valence-corrected chi connectivity index (χ1v) is 4.60. The highest BCUT2D eigenvalue weighted by Crippen LogP contribution is 2.14. The number of rotatable bonds is 4. The molecule has 1 rings (SSSR count). The van der Waals surface area contributed by atoms with Gasteiger partial charge in [0.15, 0.2) is 0 Å². The average Bonchev–Trinajstić information content (AvgIpc) is 2.44. The van der Waals surface area contributed by atoms with Gasteiger partial charge in [0.2, 0.25) is 0 Å². The molecule has 3 nitrogen and oxygen atoms in total. The minimum absolute atomic E-state index is 0.117. The Kier molecular flexibility index (Phi) is 4.15. The van der Waals surface area contributed by atoms with E-state index in [-0.39, 0.29) is 12.6 Å². The predicted molar refractivity (Wildman–Crippen MR) is 45.9 cm³/mol. The number of halogens is 3. The van der Waals surface area contributed by atoms with Gasteiger partial charge in [-0.3, -0.25) is 4.90 Å². The van der Waals surface area contributed by atoms with E-state index in [1.54, 1.807) is 0 Å². The Bertz CT molecular complexity index is 174. The molecule has 84 valence electrons. The van der Waals surface area contributed by atoms with Crippen molar-refractivity contribution in [2.75, 3.05) is 32.8 Å². The van der Waals surface area contributed by atoms with E-state index in [4.69, 9.17) is 5.73 Å². The van der Waals surface area contributed by atoms with Gasteiger partial charge in [0, 0.05) is 19.1 Å². The molecule has 0 aromatic carbocycles. The van der Waals surface area contributed by atoms with Crippen LogP contribution in [0.5, 0.6) is 0 Å². The topological polar surface area (TPSA) is 38.5 Å². The summed E-state index contributed by atoms with van der Waals surface area (Å²) in [6, 6.07) is 0.164. The van der Waals surface area contributed by atoms with Crippen molar-refractivity contribution < 1.29 is 17.9 Å². The molecule has 1 aliphatic heterocycles. The van der Waals surface area contributed by atoms with Gasteiger partial charge >= 0.3 is 6.18 Å². The van der Waals surface area contributed by atoms with E-state index < -0.39 is 12.8 Å². The summed E-state index contributed by atoms with van der Waals surface area (Å²) >= 11 is 0. The van der Waals surface area contributed by atoms with Crippen molar-refractivity contribution in [2.45, 2.75) is 18.6 Å². The number of hydrogen-bond acceptors (Lipinski definition) is 3. The molecule has 14 heavy (non-hydrogen) atoms. The molecule has 1 heterocycles. The highest BCUT2D eigenvalue weighted by Gasteiger charge is 2.27. The van der Waals surface area contributed by atoms with Crippen molar-refractivity contribution in [3.8, 4) is 0 Å². The second-order valence-corrected chi connectivity index (χ2v) is 3.52. The number of nitrogens with two attached hydrogens (primary N) is 1. The lowest BCUT2D eigenvalue weighted by molar-refractivity contribution is -0.174. The molecule has 0 saturated carbocycles. The zero-order valence-electron chi connectivity index (χ0n) is 7.89. The van der Waals surface area contributed by atoms with Gasteiger partial charge in [-0.15, -0.1) is 0 Å². The minimum atomic E-state index is -4.22. The fourth-order valence-electron chi connectivity index (χ4n) is 1.45. The molecular weight excluding hydrogens is 197 g/mol. The second-order valence-electron chi connectivity index (χ2n) is 3.52. The molecule has 0 amide bonds. The molecule has 1 unspecified atom stereocenters. The Hall–Kier alpha value is -0.330. The molecule has 0 aromatic heterocycles. The highest BCUT2D eigenvalue weighted by atomic mass is 19.4. The summed E-state index contributed by atoms with van der Waals surface area (Å²) in [6.07, 6.45) is -3.30. The van der Waals surface area contributed by atoms with E-state index in [2.05, 4.69) is 4.74 Å². The van der Waals surface area contributed by atoms with Crippen molar-refractivity contribution in [1.29, 1.82) is 0 Å². The zero-order chi connectivity index (χ0) is 10.6. The first-order chi connectivity index (χ1) is 6.47. The SMILES string of the molecule is NC1CCN(CCOCC(F)(F)F)C1. The van der Waals surface area contributed by atoms with Crippen molar-refractivity contribution in [1.82, 2.24) is 4.90 Å². The monoisotopic (exact) mass is 212 g/mol. The van der Waals surface area contributed by atoms with Gasteiger partial charge < -0.3 is 10.5 Å². The van der Waals surface area contributed by atoms with Gasteiger partial charge in [-0.05, 0) is 13.0 Å². The van der Waals surface area contributed by atoms with Gasteiger partial charge in [0.05, 0.1) is 6.61 Å². The van der Waals surface area contributed by atoms with E-state index in [1.165, 1.54) is 0 Å². The highest BCUT2D eigenvalue weighted by molar-refractivity contribution is 4.77. The molecule has 1 aliphatic rings. The molecule has 0 radical (unpaired) electrons. The third-order valence-corrected chi connectivity index (χ3v) is 2.13. The third-order valence-electron chi connectivity index (χ3n) is 2.13. The largest absolute Gasteiger partial charge is 0.411 e. The summed E-state index contributed by atoms with van der Waals surface area (Å²) in [7, 11) is 0. The van der Waals surface area contributed by atoms with Gasteiger partial charge in [-0.2, -0.15) is 13.2 Å². The van der Waals surface area contributed by atoms with E-state index in [0.29, 0.717) is 6.54 Å². The first kappa shape index (κ1) is 11.7. The van der Waals surface area contributed by atoms with E-state index in [0.717, 1.165) is 19.5 Å². The summed E-state index contributed by atoms with van der Waals surface area (Å²) in [5.41, 5.74) is 5.64. The smallest absolute Gasteiger partial charge is 0.371 e. The summed E-state index contributed by atoms with van der Waals surface area (Å²) in [6.45, 7) is 1.11. The Morgan fingerprint density at radius 1 is 1.43 bits per heavy atom. The lowest BCUT2D eigenvalue weighted by Crippen LogP contribution is -2.30. The fraction of sp³-hybridized carbons (Fsp3) is 1.00. The van der Waals surface area contributed by atoms with Crippen LogP contribution in [0.15, 0.2) is 0 Å². The maximum absolute atomic E-state index is 11.7. The third kappa shape index (κ3) is 4.78. The number of alkyl halides is 3. The maximum Gasteiger partial charge on any atom is 0.411 e. The quantitative estimate of drug-likeness (QED) is 0.693. The number of likely N-dealkylation sites (tertiary alicyclic amines) is 1. The van der Waals surface area contributed by atoms with Gasteiger partial charge in [-0.1, -0.05) is 0 Å². The van der Waals surface area contributed by atoms with Crippen LogP contribution in [0.2, 0.25) is 0 Å². The molecule has 1 atom stereocenters. The Morgan fingerprint density at radius 2 is 2.14 bits per heavy atom. The fourth-order valence-corrected chi connectivity index (χ4v) is 1.45. The van der Waals surface area contributed by atoms with Crippen LogP contribution in [-0.4, -0.2) is 50.0 Å². The van der Waals surface area contributed by atoms with E-state index in [1.807, 2.05) is 4.90 Å². The van der Waals surface area contributed by atoms with E-state index in [9.17, 15) is 13.2 Å². The molecule has 0 bridgehead atoms. The van der Waals surface area contributed by atoms with Crippen LogP contribution in [-0.2, 0) is 4.74 Å². The first-order valence-electron chi connectivity index (χ1n) is 4.60.